The van der Waals surface area contributed by atoms with Gasteiger partial charge in [0.1, 0.15) is 6.10 Å². The fourth-order valence-corrected chi connectivity index (χ4v) is 3.78. The van der Waals surface area contributed by atoms with Gasteiger partial charge in [-0.2, -0.15) is 0 Å². The summed E-state index contributed by atoms with van der Waals surface area (Å²) in [6.07, 6.45) is 12.6. The maximum Gasteiger partial charge on any atom is 0.338 e. The number of ether oxygens (including phenoxy) is 1. The van der Waals surface area contributed by atoms with Gasteiger partial charge in [-0.05, 0) is 36.0 Å². The van der Waals surface area contributed by atoms with Gasteiger partial charge in [0.15, 0.2) is 0 Å². The Hall–Kier alpha value is -2.69. The minimum atomic E-state index is -0.490. The molecule has 0 radical (unpaired) electrons. The predicted octanol–water partition coefficient (Wildman–Crippen LogP) is 3.29. The Bertz CT molecular complexity index is 747. The number of nitro benzene ring substituents is 1. The molecule has 0 spiro atoms. The van der Waals surface area contributed by atoms with Gasteiger partial charge >= 0.3 is 5.97 Å². The molecule has 0 N–H and O–H groups in total. The number of rotatable bonds is 3. The van der Waals surface area contributed by atoms with Crippen LogP contribution in [0.1, 0.15) is 10.4 Å². The smallest absolute Gasteiger partial charge is 0.338 e. The lowest BCUT2D eigenvalue weighted by molar-refractivity contribution is -0.384. The topological polar surface area (TPSA) is 69.4 Å². The van der Waals surface area contributed by atoms with Crippen molar-refractivity contribution in [2.45, 2.75) is 6.10 Å². The Balaban J connectivity index is 1.50. The molecule has 23 heavy (non-hydrogen) atoms. The Kier molecular flexibility index (Phi) is 3.15. The molecule has 3 aliphatic rings. The minimum Gasteiger partial charge on any atom is -0.454 e. The SMILES string of the molecule is O=C(O[C@H]1C=C[C@@H]2C=C[C@H]3C=C[C@@H]1[C@@H]32)c1ccc([N+](=O)[O-])cc1. The van der Waals surface area contributed by atoms with Gasteiger partial charge < -0.3 is 4.74 Å². The summed E-state index contributed by atoms with van der Waals surface area (Å²) in [4.78, 5) is 22.5. The van der Waals surface area contributed by atoms with E-state index in [2.05, 4.69) is 30.4 Å². The molecular weight excluding hydrogens is 294 g/mol. The van der Waals surface area contributed by atoms with Crippen LogP contribution in [-0.2, 0) is 4.74 Å². The quantitative estimate of drug-likeness (QED) is 0.372. The summed E-state index contributed by atoms with van der Waals surface area (Å²) in [6, 6.07) is 5.49. The molecule has 0 fully saturated rings. The van der Waals surface area contributed by atoms with Crippen molar-refractivity contribution in [3.63, 3.8) is 0 Å². The second kappa shape index (κ2) is 5.19. The van der Waals surface area contributed by atoms with Gasteiger partial charge in [0.05, 0.1) is 10.5 Å². The average molecular weight is 309 g/mol. The Morgan fingerprint density at radius 2 is 1.57 bits per heavy atom. The van der Waals surface area contributed by atoms with Crippen LogP contribution in [0.25, 0.3) is 0 Å². The molecule has 0 saturated carbocycles. The van der Waals surface area contributed by atoms with Crippen LogP contribution in [0.3, 0.4) is 0 Å². The number of allylic oxidation sites excluding steroid dienone is 4. The van der Waals surface area contributed by atoms with E-state index in [0.717, 1.165) is 0 Å². The zero-order valence-electron chi connectivity index (χ0n) is 12.2. The van der Waals surface area contributed by atoms with E-state index in [-0.39, 0.29) is 17.7 Å². The molecule has 0 aromatic heterocycles. The van der Waals surface area contributed by atoms with Gasteiger partial charge in [-0.25, -0.2) is 4.79 Å². The molecule has 5 heteroatoms. The summed E-state index contributed by atoms with van der Waals surface area (Å²) < 4.78 is 5.64. The van der Waals surface area contributed by atoms with Gasteiger partial charge in [0.2, 0.25) is 0 Å². The number of hydrogen-bond acceptors (Lipinski definition) is 4. The number of nitrogens with zero attached hydrogens (tertiary/aromatic N) is 1. The summed E-state index contributed by atoms with van der Waals surface area (Å²) in [7, 11) is 0. The van der Waals surface area contributed by atoms with Crippen LogP contribution in [0.4, 0.5) is 5.69 Å². The molecule has 5 atom stereocenters. The Morgan fingerprint density at radius 1 is 0.957 bits per heavy atom. The van der Waals surface area contributed by atoms with Crippen LogP contribution in [0.2, 0.25) is 0 Å². The van der Waals surface area contributed by atoms with E-state index in [1.807, 2.05) is 6.08 Å². The van der Waals surface area contributed by atoms with Crippen LogP contribution in [-0.4, -0.2) is 17.0 Å². The number of carbonyl (C=O) groups excluding carboxylic acids is 1. The first kappa shape index (κ1) is 13.9. The van der Waals surface area contributed by atoms with Gasteiger partial charge in [-0.3, -0.25) is 10.1 Å². The Labute approximate surface area is 133 Å². The molecule has 1 aromatic rings. The van der Waals surface area contributed by atoms with Gasteiger partial charge in [-0.1, -0.05) is 30.4 Å². The molecular formula is C18H15NO4. The van der Waals surface area contributed by atoms with Gasteiger partial charge in [0, 0.05) is 18.1 Å². The highest BCUT2D eigenvalue weighted by Crippen LogP contribution is 2.47. The number of nitro groups is 1. The molecule has 0 heterocycles. The molecule has 3 aliphatic carbocycles. The van der Waals surface area contributed by atoms with Gasteiger partial charge in [-0.15, -0.1) is 0 Å². The molecule has 116 valence electrons. The largest absolute Gasteiger partial charge is 0.454 e. The van der Waals surface area contributed by atoms with E-state index in [4.69, 9.17) is 4.74 Å². The highest BCUT2D eigenvalue weighted by molar-refractivity contribution is 5.89. The number of carbonyl (C=O) groups is 1. The second-order valence-corrected chi connectivity index (χ2v) is 6.14. The zero-order chi connectivity index (χ0) is 16.0. The van der Waals surface area contributed by atoms with Crippen molar-refractivity contribution in [1.29, 1.82) is 0 Å². The maximum absolute atomic E-state index is 12.3. The number of hydrogen-bond donors (Lipinski definition) is 0. The zero-order valence-corrected chi connectivity index (χ0v) is 12.2. The fourth-order valence-electron chi connectivity index (χ4n) is 3.78. The van der Waals surface area contributed by atoms with Crippen molar-refractivity contribution >= 4 is 11.7 Å². The highest BCUT2D eigenvalue weighted by atomic mass is 16.6. The normalized spacial score (nSPS) is 32.8. The van der Waals surface area contributed by atoms with Crippen molar-refractivity contribution in [3.8, 4) is 0 Å². The lowest BCUT2D eigenvalue weighted by Gasteiger charge is -2.33. The van der Waals surface area contributed by atoms with Crippen molar-refractivity contribution in [1.82, 2.24) is 0 Å². The monoisotopic (exact) mass is 309 g/mol. The first-order valence-corrected chi connectivity index (χ1v) is 7.64. The van der Waals surface area contributed by atoms with Crippen molar-refractivity contribution in [2.24, 2.45) is 23.7 Å². The first-order chi connectivity index (χ1) is 11.1. The maximum atomic E-state index is 12.3. The third-order valence-corrected chi connectivity index (χ3v) is 4.90. The molecule has 0 amide bonds. The molecule has 5 nitrogen and oxygen atoms in total. The lowest BCUT2D eigenvalue weighted by Crippen LogP contribution is -2.34. The van der Waals surface area contributed by atoms with E-state index in [0.29, 0.717) is 23.3 Å². The predicted molar refractivity (Wildman–Crippen MR) is 83.7 cm³/mol. The van der Waals surface area contributed by atoms with Crippen LogP contribution in [0, 0.1) is 33.8 Å². The number of esters is 1. The molecule has 1 aromatic carbocycles. The standard InChI is InChI=1S/C18H15NO4/c20-18(13-3-7-14(8-4-13)19(21)22)23-16-10-6-12-2-1-11-5-9-15(16)17(11)12/h1-12,15-17H/t11-,12-,15-,16-,17-/m0/s1. The molecule has 0 bridgehead atoms. The van der Waals surface area contributed by atoms with Gasteiger partial charge in [0.25, 0.3) is 5.69 Å². The minimum absolute atomic E-state index is 0.0412. The van der Waals surface area contributed by atoms with E-state index in [1.54, 1.807) is 0 Å². The van der Waals surface area contributed by atoms with Crippen LogP contribution in [0.15, 0.2) is 60.7 Å². The first-order valence-electron chi connectivity index (χ1n) is 7.64. The highest BCUT2D eigenvalue weighted by Gasteiger charge is 2.44. The average Bonchev–Trinajstić information content (AvgIpc) is 3.16. The summed E-state index contributed by atoms with van der Waals surface area (Å²) in [5.41, 5.74) is 0.287. The van der Waals surface area contributed by atoms with Crippen molar-refractivity contribution in [3.05, 3.63) is 76.4 Å². The fraction of sp³-hybridized carbons (Fsp3) is 0.278. The second-order valence-electron chi connectivity index (χ2n) is 6.14. The number of benzene rings is 1. The third kappa shape index (κ3) is 2.29. The number of non-ortho nitro benzene ring substituents is 1. The molecule has 0 saturated heterocycles. The molecule has 0 unspecified atom stereocenters. The van der Waals surface area contributed by atoms with E-state index < -0.39 is 10.9 Å². The Morgan fingerprint density at radius 3 is 2.22 bits per heavy atom. The summed E-state index contributed by atoms with van der Waals surface area (Å²) in [6.45, 7) is 0. The van der Waals surface area contributed by atoms with Crippen molar-refractivity contribution < 1.29 is 14.5 Å². The molecule has 0 aliphatic heterocycles. The summed E-state index contributed by atoms with van der Waals surface area (Å²) in [5, 5.41) is 10.7. The van der Waals surface area contributed by atoms with Crippen LogP contribution in [0.5, 0.6) is 0 Å². The summed E-state index contributed by atoms with van der Waals surface area (Å²) in [5.74, 6) is 1.07. The van der Waals surface area contributed by atoms with Crippen molar-refractivity contribution in [2.75, 3.05) is 0 Å². The summed E-state index contributed by atoms with van der Waals surface area (Å²) >= 11 is 0. The van der Waals surface area contributed by atoms with E-state index >= 15 is 0 Å². The van der Waals surface area contributed by atoms with Crippen LogP contribution < -0.4 is 0 Å². The lowest BCUT2D eigenvalue weighted by atomic mass is 9.76. The van der Waals surface area contributed by atoms with E-state index in [9.17, 15) is 14.9 Å². The van der Waals surface area contributed by atoms with E-state index in [1.165, 1.54) is 24.3 Å². The van der Waals surface area contributed by atoms with Crippen LogP contribution >= 0.6 is 0 Å². The molecule has 4 rings (SSSR count). The third-order valence-electron chi connectivity index (χ3n) is 4.90.